The topological polar surface area (TPSA) is 59.2 Å². The summed E-state index contributed by atoms with van der Waals surface area (Å²) in [4.78, 5) is 18.4. The van der Waals surface area contributed by atoms with Gasteiger partial charge in [-0.25, -0.2) is 0 Å². The maximum Gasteiger partial charge on any atom is 0.255 e. The van der Waals surface area contributed by atoms with E-state index in [0.29, 0.717) is 29.4 Å². The Balaban J connectivity index is 2.23. The van der Waals surface area contributed by atoms with Crippen LogP contribution >= 0.6 is 11.6 Å². The summed E-state index contributed by atoms with van der Waals surface area (Å²) >= 11 is 6.08. The van der Waals surface area contributed by atoms with E-state index in [1.807, 2.05) is 25.1 Å². The number of anilines is 1. The normalized spacial score (nSPS) is 10.3. The fourth-order valence-electron chi connectivity index (χ4n) is 1.89. The number of halogens is 1. The summed E-state index contributed by atoms with van der Waals surface area (Å²) in [7, 11) is 0. The number of nitrogens with two attached hydrogens (primary N) is 1. The van der Waals surface area contributed by atoms with Crippen LogP contribution in [0.3, 0.4) is 0 Å². The van der Waals surface area contributed by atoms with Crippen LogP contribution in [0.15, 0.2) is 42.6 Å². The lowest BCUT2D eigenvalue weighted by molar-refractivity contribution is 0.0751. The van der Waals surface area contributed by atoms with Gasteiger partial charge in [-0.3, -0.25) is 9.78 Å². The second-order valence-corrected chi connectivity index (χ2v) is 4.79. The zero-order valence-electron chi connectivity index (χ0n) is 11.2. The van der Waals surface area contributed by atoms with Gasteiger partial charge in [0.05, 0.1) is 22.8 Å². The molecule has 5 heteroatoms. The van der Waals surface area contributed by atoms with Crippen molar-refractivity contribution in [2.45, 2.75) is 13.5 Å². The quantitative estimate of drug-likeness (QED) is 0.880. The number of nitrogen functional groups attached to an aromatic ring is 1. The van der Waals surface area contributed by atoms with Gasteiger partial charge < -0.3 is 10.6 Å². The molecule has 104 valence electrons. The molecular formula is C15H16ClN3O. The molecular weight excluding hydrogens is 274 g/mol. The van der Waals surface area contributed by atoms with Crippen LogP contribution in [0, 0.1) is 0 Å². The van der Waals surface area contributed by atoms with Crippen molar-refractivity contribution in [3.05, 3.63) is 58.9 Å². The minimum Gasteiger partial charge on any atom is -0.399 e. The molecule has 1 heterocycles. The summed E-state index contributed by atoms with van der Waals surface area (Å²) < 4.78 is 0. The molecule has 0 saturated heterocycles. The van der Waals surface area contributed by atoms with Gasteiger partial charge in [-0.15, -0.1) is 0 Å². The van der Waals surface area contributed by atoms with Crippen molar-refractivity contribution < 1.29 is 4.79 Å². The Morgan fingerprint density at radius 2 is 2.15 bits per heavy atom. The summed E-state index contributed by atoms with van der Waals surface area (Å²) in [5, 5.41) is 0.406. The lowest BCUT2D eigenvalue weighted by atomic mass is 10.1. The Kier molecular flexibility index (Phi) is 4.58. The van der Waals surface area contributed by atoms with Gasteiger partial charge in [-0.2, -0.15) is 0 Å². The number of aromatic nitrogens is 1. The molecule has 0 spiro atoms. The third-order valence-corrected chi connectivity index (χ3v) is 3.30. The lowest BCUT2D eigenvalue weighted by Gasteiger charge is -2.21. The van der Waals surface area contributed by atoms with Crippen LogP contribution in [0.1, 0.15) is 23.0 Å². The number of carbonyl (C=O) groups is 1. The van der Waals surface area contributed by atoms with Crippen molar-refractivity contribution in [3.63, 3.8) is 0 Å². The van der Waals surface area contributed by atoms with E-state index in [9.17, 15) is 4.79 Å². The van der Waals surface area contributed by atoms with Gasteiger partial charge in [0.1, 0.15) is 0 Å². The highest BCUT2D eigenvalue weighted by atomic mass is 35.5. The van der Waals surface area contributed by atoms with Crippen LogP contribution in [0.25, 0.3) is 0 Å². The molecule has 0 saturated carbocycles. The van der Waals surface area contributed by atoms with E-state index in [-0.39, 0.29) is 5.91 Å². The number of amides is 1. The van der Waals surface area contributed by atoms with Gasteiger partial charge in [-0.05, 0) is 37.3 Å². The Bertz CT molecular complexity index is 601. The smallest absolute Gasteiger partial charge is 0.255 e. The fraction of sp³-hybridized carbons (Fsp3) is 0.200. The van der Waals surface area contributed by atoms with E-state index in [1.54, 1.807) is 29.3 Å². The molecule has 0 fully saturated rings. The molecule has 2 rings (SSSR count). The SMILES string of the molecule is CCN(Cc1ccccn1)C(=O)c1cc(N)ccc1Cl. The predicted octanol–water partition coefficient (Wildman–Crippen LogP) is 2.98. The van der Waals surface area contributed by atoms with Gasteiger partial charge in [0.15, 0.2) is 0 Å². The van der Waals surface area contributed by atoms with Gasteiger partial charge in [-0.1, -0.05) is 17.7 Å². The van der Waals surface area contributed by atoms with Gasteiger partial charge in [0, 0.05) is 18.4 Å². The standard InChI is InChI=1S/C15H16ClN3O/c1-2-19(10-12-5-3-4-8-18-12)15(20)13-9-11(17)6-7-14(13)16/h3-9H,2,10,17H2,1H3. The maximum atomic E-state index is 12.5. The zero-order valence-corrected chi connectivity index (χ0v) is 12.0. The summed E-state index contributed by atoms with van der Waals surface area (Å²) in [6, 6.07) is 10.5. The number of carbonyl (C=O) groups excluding carboxylic acids is 1. The molecule has 1 amide bonds. The number of benzene rings is 1. The highest BCUT2D eigenvalue weighted by Crippen LogP contribution is 2.21. The molecule has 0 aliphatic carbocycles. The highest BCUT2D eigenvalue weighted by Gasteiger charge is 2.18. The van der Waals surface area contributed by atoms with E-state index in [1.165, 1.54) is 0 Å². The largest absolute Gasteiger partial charge is 0.399 e. The van der Waals surface area contributed by atoms with E-state index in [0.717, 1.165) is 5.69 Å². The average molecular weight is 290 g/mol. The predicted molar refractivity (Wildman–Crippen MR) is 80.5 cm³/mol. The van der Waals surface area contributed by atoms with E-state index in [2.05, 4.69) is 4.98 Å². The first-order valence-corrected chi connectivity index (χ1v) is 6.73. The molecule has 1 aromatic heterocycles. The third-order valence-electron chi connectivity index (χ3n) is 2.97. The first kappa shape index (κ1) is 14.3. The molecule has 0 bridgehead atoms. The molecule has 20 heavy (non-hydrogen) atoms. The number of rotatable bonds is 4. The minimum absolute atomic E-state index is 0.143. The highest BCUT2D eigenvalue weighted by molar-refractivity contribution is 6.34. The van der Waals surface area contributed by atoms with E-state index < -0.39 is 0 Å². The molecule has 1 aromatic carbocycles. The summed E-state index contributed by atoms with van der Waals surface area (Å²) in [5.74, 6) is -0.143. The van der Waals surface area contributed by atoms with Crippen molar-refractivity contribution in [3.8, 4) is 0 Å². The Morgan fingerprint density at radius 3 is 2.80 bits per heavy atom. The van der Waals surface area contributed by atoms with Gasteiger partial charge in [0.2, 0.25) is 0 Å². The van der Waals surface area contributed by atoms with Crippen molar-refractivity contribution >= 4 is 23.2 Å². The molecule has 0 radical (unpaired) electrons. The Labute approximate surface area is 123 Å². The Morgan fingerprint density at radius 1 is 1.35 bits per heavy atom. The lowest BCUT2D eigenvalue weighted by Crippen LogP contribution is -2.30. The van der Waals surface area contributed by atoms with Crippen molar-refractivity contribution in [1.29, 1.82) is 0 Å². The second-order valence-electron chi connectivity index (χ2n) is 4.38. The molecule has 2 aromatic rings. The summed E-state index contributed by atoms with van der Waals surface area (Å²) in [5.41, 5.74) is 7.49. The Hall–Kier alpha value is -2.07. The monoisotopic (exact) mass is 289 g/mol. The molecule has 0 aliphatic heterocycles. The van der Waals surface area contributed by atoms with Crippen LogP contribution in [0.2, 0.25) is 5.02 Å². The van der Waals surface area contributed by atoms with Crippen LogP contribution in [-0.2, 0) is 6.54 Å². The fourth-order valence-corrected chi connectivity index (χ4v) is 2.09. The maximum absolute atomic E-state index is 12.5. The molecule has 0 atom stereocenters. The number of hydrogen-bond donors (Lipinski definition) is 1. The number of hydrogen-bond acceptors (Lipinski definition) is 3. The van der Waals surface area contributed by atoms with Crippen LogP contribution in [0.4, 0.5) is 5.69 Å². The average Bonchev–Trinajstić information content (AvgIpc) is 2.47. The van der Waals surface area contributed by atoms with Gasteiger partial charge >= 0.3 is 0 Å². The molecule has 0 unspecified atom stereocenters. The molecule has 0 aliphatic rings. The zero-order chi connectivity index (χ0) is 14.5. The van der Waals surface area contributed by atoms with Crippen molar-refractivity contribution in [2.24, 2.45) is 0 Å². The van der Waals surface area contributed by atoms with Crippen molar-refractivity contribution in [2.75, 3.05) is 12.3 Å². The van der Waals surface area contributed by atoms with Crippen LogP contribution < -0.4 is 5.73 Å². The van der Waals surface area contributed by atoms with Gasteiger partial charge in [0.25, 0.3) is 5.91 Å². The minimum atomic E-state index is -0.143. The van der Waals surface area contributed by atoms with Crippen LogP contribution in [0.5, 0.6) is 0 Å². The number of nitrogens with zero attached hydrogens (tertiary/aromatic N) is 2. The van der Waals surface area contributed by atoms with E-state index >= 15 is 0 Å². The third kappa shape index (κ3) is 3.27. The van der Waals surface area contributed by atoms with Crippen molar-refractivity contribution in [1.82, 2.24) is 9.88 Å². The first-order valence-electron chi connectivity index (χ1n) is 6.36. The summed E-state index contributed by atoms with van der Waals surface area (Å²) in [6.45, 7) is 2.93. The second kappa shape index (κ2) is 6.39. The molecule has 2 N–H and O–H groups in total. The van der Waals surface area contributed by atoms with E-state index in [4.69, 9.17) is 17.3 Å². The first-order chi connectivity index (χ1) is 9.61. The van der Waals surface area contributed by atoms with Crippen LogP contribution in [-0.4, -0.2) is 22.3 Å². The summed E-state index contributed by atoms with van der Waals surface area (Å²) in [6.07, 6.45) is 1.71. The molecule has 4 nitrogen and oxygen atoms in total. The number of pyridine rings is 1.